The van der Waals surface area contributed by atoms with Gasteiger partial charge in [0.15, 0.2) is 0 Å². The average Bonchev–Trinajstić information content (AvgIpc) is 2.61. The van der Waals surface area contributed by atoms with Crippen LogP contribution in [0.4, 0.5) is 5.69 Å². The van der Waals surface area contributed by atoms with Crippen molar-refractivity contribution in [2.24, 2.45) is 17.8 Å². The van der Waals surface area contributed by atoms with Gasteiger partial charge < -0.3 is 15.7 Å². The van der Waals surface area contributed by atoms with Crippen molar-refractivity contribution in [3.63, 3.8) is 0 Å². The third-order valence-electron chi connectivity index (χ3n) is 4.50. The van der Waals surface area contributed by atoms with Crippen LogP contribution < -0.4 is 10.6 Å². The number of anilines is 1. The Hall–Kier alpha value is -2.63. The van der Waals surface area contributed by atoms with Crippen molar-refractivity contribution in [3.05, 3.63) is 41.5 Å². The first-order valence-electron chi connectivity index (χ1n) is 8.87. The molecule has 0 spiro atoms. The summed E-state index contributed by atoms with van der Waals surface area (Å²) in [6.07, 6.45) is 4.43. The number of rotatable bonds is 6. The van der Waals surface area contributed by atoms with E-state index in [2.05, 4.69) is 10.6 Å². The number of aliphatic carboxylic acids is 1. The Kier molecular flexibility index (Phi) is 6.55. The molecule has 0 aliphatic heterocycles. The lowest BCUT2D eigenvalue weighted by atomic mass is 9.82. The minimum Gasteiger partial charge on any atom is -0.481 e. The van der Waals surface area contributed by atoms with Gasteiger partial charge in [-0.3, -0.25) is 14.4 Å². The van der Waals surface area contributed by atoms with Gasteiger partial charge in [-0.2, -0.15) is 0 Å². The standard InChI is InChI=1S/C20H26N2O4/c1-12(2)11-21-18(23)14-8-9-17(13(3)10-14)22-19(24)15-6-4-5-7-16(15)20(25)26/h4-5,8-10,12,15-16H,6-7,11H2,1-3H3,(H,21,23)(H,22,24)(H,25,26)/t15-,16+/m1/s1. The molecule has 2 rings (SSSR count). The fourth-order valence-electron chi connectivity index (χ4n) is 2.95. The summed E-state index contributed by atoms with van der Waals surface area (Å²) in [7, 11) is 0. The summed E-state index contributed by atoms with van der Waals surface area (Å²) in [5, 5.41) is 15.0. The van der Waals surface area contributed by atoms with Crippen LogP contribution >= 0.6 is 0 Å². The fourth-order valence-corrected chi connectivity index (χ4v) is 2.95. The number of aryl methyl sites for hydroxylation is 1. The maximum Gasteiger partial charge on any atom is 0.307 e. The molecule has 140 valence electrons. The fraction of sp³-hybridized carbons (Fsp3) is 0.450. The number of allylic oxidation sites excluding steroid dienone is 2. The summed E-state index contributed by atoms with van der Waals surface area (Å²) in [4.78, 5) is 36.0. The Morgan fingerprint density at radius 2 is 1.81 bits per heavy atom. The number of hydrogen-bond acceptors (Lipinski definition) is 3. The number of carboxylic acids is 1. The van der Waals surface area contributed by atoms with E-state index in [0.29, 0.717) is 36.6 Å². The molecule has 0 radical (unpaired) electrons. The molecule has 0 unspecified atom stereocenters. The summed E-state index contributed by atoms with van der Waals surface area (Å²) in [5.74, 6) is -2.34. The van der Waals surface area contributed by atoms with Crippen molar-refractivity contribution in [1.29, 1.82) is 0 Å². The van der Waals surface area contributed by atoms with Gasteiger partial charge in [-0.1, -0.05) is 26.0 Å². The van der Waals surface area contributed by atoms with Gasteiger partial charge in [-0.15, -0.1) is 0 Å². The zero-order chi connectivity index (χ0) is 19.3. The number of carbonyl (C=O) groups excluding carboxylic acids is 2. The van der Waals surface area contributed by atoms with E-state index in [0.717, 1.165) is 5.56 Å². The van der Waals surface area contributed by atoms with E-state index in [-0.39, 0.29) is 11.8 Å². The first-order chi connectivity index (χ1) is 12.3. The highest BCUT2D eigenvalue weighted by Gasteiger charge is 2.34. The monoisotopic (exact) mass is 358 g/mol. The molecule has 6 heteroatoms. The van der Waals surface area contributed by atoms with E-state index in [9.17, 15) is 19.5 Å². The molecule has 1 aliphatic carbocycles. The summed E-state index contributed by atoms with van der Waals surface area (Å²) in [6.45, 7) is 6.45. The Labute approximate surface area is 153 Å². The molecule has 2 amide bonds. The van der Waals surface area contributed by atoms with E-state index in [1.54, 1.807) is 24.3 Å². The Morgan fingerprint density at radius 3 is 2.38 bits per heavy atom. The molecule has 0 bridgehead atoms. The third kappa shape index (κ3) is 4.94. The maximum absolute atomic E-state index is 12.5. The Morgan fingerprint density at radius 1 is 1.15 bits per heavy atom. The van der Waals surface area contributed by atoms with Gasteiger partial charge in [0.05, 0.1) is 11.8 Å². The van der Waals surface area contributed by atoms with Gasteiger partial charge in [0.2, 0.25) is 5.91 Å². The lowest BCUT2D eigenvalue weighted by molar-refractivity contribution is -0.146. The van der Waals surface area contributed by atoms with Gasteiger partial charge >= 0.3 is 5.97 Å². The minimum atomic E-state index is -0.955. The van der Waals surface area contributed by atoms with E-state index < -0.39 is 17.8 Å². The molecule has 2 atom stereocenters. The van der Waals surface area contributed by atoms with Crippen LogP contribution in [0.2, 0.25) is 0 Å². The van der Waals surface area contributed by atoms with E-state index in [4.69, 9.17) is 0 Å². The molecule has 0 heterocycles. The van der Waals surface area contributed by atoms with Crippen LogP contribution in [0, 0.1) is 24.7 Å². The van der Waals surface area contributed by atoms with Crippen molar-refractivity contribution < 1.29 is 19.5 Å². The van der Waals surface area contributed by atoms with Gasteiger partial charge in [0, 0.05) is 17.8 Å². The quantitative estimate of drug-likeness (QED) is 0.681. The van der Waals surface area contributed by atoms with Gasteiger partial charge in [0.25, 0.3) is 5.91 Å². The van der Waals surface area contributed by atoms with Crippen molar-refractivity contribution >= 4 is 23.5 Å². The zero-order valence-corrected chi connectivity index (χ0v) is 15.4. The number of hydrogen-bond donors (Lipinski definition) is 3. The summed E-state index contributed by atoms with van der Waals surface area (Å²) in [5.41, 5.74) is 1.88. The maximum atomic E-state index is 12.5. The van der Waals surface area contributed by atoms with Crippen LogP contribution in [-0.4, -0.2) is 29.4 Å². The highest BCUT2D eigenvalue weighted by atomic mass is 16.4. The Bertz CT molecular complexity index is 725. The SMILES string of the molecule is Cc1cc(C(=O)NCC(C)C)ccc1NC(=O)[C@@H]1CC=CC[C@@H]1C(=O)O. The molecule has 1 aromatic carbocycles. The summed E-state index contributed by atoms with van der Waals surface area (Å²) in [6, 6.07) is 5.07. The molecule has 1 aromatic rings. The lowest BCUT2D eigenvalue weighted by Gasteiger charge is -2.24. The second-order valence-electron chi connectivity index (χ2n) is 7.12. The first kappa shape index (κ1) is 19.7. The van der Waals surface area contributed by atoms with Crippen molar-refractivity contribution in [1.82, 2.24) is 5.32 Å². The smallest absolute Gasteiger partial charge is 0.307 e. The number of nitrogens with one attached hydrogen (secondary N) is 2. The normalized spacial score (nSPS) is 19.2. The molecule has 0 fully saturated rings. The summed E-state index contributed by atoms with van der Waals surface area (Å²) >= 11 is 0. The van der Waals surface area contributed by atoms with Crippen molar-refractivity contribution in [2.75, 3.05) is 11.9 Å². The van der Waals surface area contributed by atoms with Crippen LogP contribution in [0.5, 0.6) is 0 Å². The molecule has 0 saturated carbocycles. The van der Waals surface area contributed by atoms with Crippen molar-refractivity contribution in [3.8, 4) is 0 Å². The molecule has 26 heavy (non-hydrogen) atoms. The number of benzene rings is 1. The van der Waals surface area contributed by atoms with E-state index in [1.807, 2.05) is 26.8 Å². The lowest BCUT2D eigenvalue weighted by Crippen LogP contribution is -2.34. The molecule has 0 aromatic heterocycles. The highest BCUT2D eigenvalue weighted by molar-refractivity contribution is 5.98. The predicted octanol–water partition coefficient (Wildman–Crippen LogP) is 2.99. The third-order valence-corrected chi connectivity index (χ3v) is 4.50. The highest BCUT2D eigenvalue weighted by Crippen LogP contribution is 2.28. The largest absolute Gasteiger partial charge is 0.481 e. The van der Waals surface area contributed by atoms with Gasteiger partial charge in [-0.05, 0) is 49.4 Å². The molecular weight excluding hydrogens is 332 g/mol. The average molecular weight is 358 g/mol. The first-order valence-corrected chi connectivity index (χ1v) is 8.87. The van der Waals surface area contributed by atoms with Gasteiger partial charge in [-0.25, -0.2) is 0 Å². The van der Waals surface area contributed by atoms with E-state index >= 15 is 0 Å². The zero-order valence-electron chi connectivity index (χ0n) is 15.4. The number of carbonyl (C=O) groups is 3. The Balaban J connectivity index is 2.07. The molecule has 1 aliphatic rings. The van der Waals surface area contributed by atoms with E-state index in [1.165, 1.54) is 0 Å². The molecular formula is C20H26N2O4. The van der Waals surface area contributed by atoms with Crippen LogP contribution in [0.25, 0.3) is 0 Å². The van der Waals surface area contributed by atoms with Crippen molar-refractivity contribution in [2.45, 2.75) is 33.6 Å². The van der Waals surface area contributed by atoms with Crippen LogP contribution in [-0.2, 0) is 9.59 Å². The molecule has 0 saturated heterocycles. The van der Waals surface area contributed by atoms with Crippen LogP contribution in [0.15, 0.2) is 30.4 Å². The van der Waals surface area contributed by atoms with Gasteiger partial charge in [0.1, 0.15) is 0 Å². The molecule has 6 nitrogen and oxygen atoms in total. The minimum absolute atomic E-state index is 0.150. The number of amides is 2. The number of carboxylic acid groups (broad SMARTS) is 1. The van der Waals surface area contributed by atoms with Crippen LogP contribution in [0.1, 0.15) is 42.6 Å². The summed E-state index contributed by atoms with van der Waals surface area (Å²) < 4.78 is 0. The molecule has 3 N–H and O–H groups in total. The van der Waals surface area contributed by atoms with Crippen LogP contribution in [0.3, 0.4) is 0 Å². The topological polar surface area (TPSA) is 95.5 Å². The second kappa shape index (κ2) is 8.65. The second-order valence-corrected chi connectivity index (χ2v) is 7.12. The predicted molar refractivity (Wildman–Crippen MR) is 100.0 cm³/mol.